The molecule has 0 saturated heterocycles. The van der Waals surface area contributed by atoms with E-state index in [1.807, 2.05) is 13.8 Å². The molecule has 102 valence electrons. The summed E-state index contributed by atoms with van der Waals surface area (Å²) >= 11 is 0. The lowest BCUT2D eigenvalue weighted by atomic mass is 9.99. The number of fused-ring (bicyclic) bond motifs is 1. The van der Waals surface area contributed by atoms with E-state index in [2.05, 4.69) is 39.1 Å². The van der Waals surface area contributed by atoms with E-state index >= 15 is 0 Å². The van der Waals surface area contributed by atoms with E-state index in [0.717, 1.165) is 16.7 Å². The minimum atomic E-state index is 0.296. The van der Waals surface area contributed by atoms with Crippen LogP contribution in [0.15, 0.2) is 12.1 Å². The molecule has 0 bridgehead atoms. The number of benzene rings is 1. The second-order valence-electron chi connectivity index (χ2n) is 5.05. The Morgan fingerprint density at radius 3 is 2.25 bits per heavy atom. The molecule has 0 unspecified atom stereocenters. The number of aromatic nitrogens is 5. The zero-order chi connectivity index (χ0) is 14.4. The first kappa shape index (κ1) is 12.5. The van der Waals surface area contributed by atoms with Crippen molar-refractivity contribution < 1.29 is 0 Å². The van der Waals surface area contributed by atoms with Crippen LogP contribution in [0.3, 0.4) is 0 Å². The third-order valence-corrected chi connectivity index (χ3v) is 3.24. The fraction of sp³-hybridized carbons (Fsp3) is 0.286. The van der Waals surface area contributed by atoms with Crippen molar-refractivity contribution in [1.29, 1.82) is 0 Å². The Bertz CT molecular complexity index is 795. The van der Waals surface area contributed by atoms with Crippen LogP contribution in [0.4, 0.5) is 5.95 Å². The van der Waals surface area contributed by atoms with Gasteiger partial charge >= 0.3 is 0 Å². The van der Waals surface area contributed by atoms with E-state index in [9.17, 15) is 0 Å². The topological polar surface area (TPSA) is 82.0 Å². The summed E-state index contributed by atoms with van der Waals surface area (Å²) < 4.78 is 1.46. The molecule has 1 aromatic carbocycles. The minimum absolute atomic E-state index is 0.296. The first-order valence-electron chi connectivity index (χ1n) is 6.41. The van der Waals surface area contributed by atoms with Crippen molar-refractivity contribution in [2.24, 2.45) is 0 Å². The van der Waals surface area contributed by atoms with E-state index in [-0.39, 0.29) is 0 Å². The highest BCUT2D eigenvalue weighted by Gasteiger charge is 2.14. The quantitative estimate of drug-likeness (QED) is 0.730. The van der Waals surface area contributed by atoms with Crippen LogP contribution in [0.1, 0.15) is 22.5 Å². The molecule has 0 atom stereocenters. The Morgan fingerprint density at radius 1 is 0.950 bits per heavy atom. The number of anilines is 1. The normalized spacial score (nSPS) is 11.2. The molecule has 3 aromatic rings. The molecule has 0 fully saturated rings. The van der Waals surface area contributed by atoms with Gasteiger partial charge in [0.05, 0.1) is 0 Å². The molecular weight excluding hydrogens is 252 g/mol. The van der Waals surface area contributed by atoms with Crippen LogP contribution in [0.5, 0.6) is 0 Å². The van der Waals surface area contributed by atoms with Gasteiger partial charge in [0.15, 0.2) is 5.82 Å². The van der Waals surface area contributed by atoms with E-state index in [1.54, 1.807) is 6.92 Å². The van der Waals surface area contributed by atoms with Crippen LogP contribution in [0, 0.1) is 27.7 Å². The molecule has 3 rings (SSSR count). The van der Waals surface area contributed by atoms with Crippen LogP contribution in [0.2, 0.25) is 0 Å². The summed E-state index contributed by atoms with van der Waals surface area (Å²) in [5.74, 6) is 1.99. The van der Waals surface area contributed by atoms with Crippen LogP contribution in [0.25, 0.3) is 17.2 Å². The molecule has 2 heterocycles. The molecule has 0 radical (unpaired) electrons. The summed E-state index contributed by atoms with van der Waals surface area (Å²) in [6.07, 6.45) is 0. The predicted molar refractivity (Wildman–Crippen MR) is 77.4 cm³/mol. The fourth-order valence-electron chi connectivity index (χ4n) is 2.55. The molecule has 20 heavy (non-hydrogen) atoms. The lowest BCUT2D eigenvalue weighted by Gasteiger charge is -2.10. The van der Waals surface area contributed by atoms with Crippen LogP contribution in [-0.4, -0.2) is 24.6 Å². The number of hydrogen-bond acceptors (Lipinski definition) is 5. The molecular formula is C14H16N6. The van der Waals surface area contributed by atoms with Gasteiger partial charge in [-0.05, 0) is 38.8 Å². The molecule has 0 spiro atoms. The van der Waals surface area contributed by atoms with Gasteiger partial charge in [-0.2, -0.15) is 19.5 Å². The number of aryl methyl sites for hydroxylation is 4. The smallest absolute Gasteiger partial charge is 0.257 e. The summed E-state index contributed by atoms with van der Waals surface area (Å²) in [5, 5.41) is 4.16. The van der Waals surface area contributed by atoms with E-state index in [4.69, 9.17) is 5.73 Å². The number of nitrogen functional groups attached to an aromatic ring is 1. The number of nitrogens with zero attached hydrogens (tertiary/aromatic N) is 5. The Kier molecular flexibility index (Phi) is 2.67. The molecule has 0 aliphatic rings. The molecule has 0 aliphatic heterocycles. The maximum absolute atomic E-state index is 5.95. The van der Waals surface area contributed by atoms with Crippen molar-refractivity contribution >= 4 is 11.7 Å². The molecule has 0 saturated carbocycles. The van der Waals surface area contributed by atoms with Crippen LogP contribution >= 0.6 is 0 Å². The van der Waals surface area contributed by atoms with E-state index < -0.39 is 0 Å². The summed E-state index contributed by atoms with van der Waals surface area (Å²) in [5.41, 5.74) is 10.4. The van der Waals surface area contributed by atoms with E-state index in [0.29, 0.717) is 23.4 Å². The highest BCUT2D eigenvalue weighted by molar-refractivity contribution is 5.67. The van der Waals surface area contributed by atoms with Gasteiger partial charge in [0, 0.05) is 5.56 Å². The van der Waals surface area contributed by atoms with Gasteiger partial charge in [-0.15, -0.1) is 5.10 Å². The Balaban J connectivity index is 2.30. The predicted octanol–water partition coefficient (Wildman–Crippen LogP) is 2.00. The van der Waals surface area contributed by atoms with Gasteiger partial charge < -0.3 is 5.73 Å². The molecule has 2 N–H and O–H groups in total. The number of nitrogens with two attached hydrogens (primary N) is 1. The summed E-state index contributed by atoms with van der Waals surface area (Å²) in [6, 6.07) is 4.22. The van der Waals surface area contributed by atoms with Crippen molar-refractivity contribution in [2.45, 2.75) is 27.7 Å². The van der Waals surface area contributed by atoms with Crippen molar-refractivity contribution in [3.8, 4) is 11.4 Å². The SMILES string of the molecule is Cc1cc(C)c(-c2nc(N)n3nc(C)nc3n2)c(C)c1. The highest BCUT2D eigenvalue weighted by atomic mass is 15.4. The Labute approximate surface area is 116 Å². The van der Waals surface area contributed by atoms with Crippen molar-refractivity contribution in [1.82, 2.24) is 24.6 Å². The van der Waals surface area contributed by atoms with E-state index in [1.165, 1.54) is 10.1 Å². The maximum Gasteiger partial charge on any atom is 0.257 e. The Hall–Kier alpha value is -2.50. The lowest BCUT2D eigenvalue weighted by molar-refractivity contribution is 0.894. The summed E-state index contributed by atoms with van der Waals surface area (Å²) in [7, 11) is 0. The molecule has 6 nitrogen and oxygen atoms in total. The van der Waals surface area contributed by atoms with Gasteiger partial charge in [0.1, 0.15) is 5.82 Å². The second kappa shape index (κ2) is 4.26. The molecule has 6 heteroatoms. The first-order valence-corrected chi connectivity index (χ1v) is 6.41. The van der Waals surface area contributed by atoms with Gasteiger partial charge in [-0.1, -0.05) is 17.7 Å². The molecule has 0 amide bonds. The van der Waals surface area contributed by atoms with Gasteiger partial charge in [0.25, 0.3) is 5.78 Å². The van der Waals surface area contributed by atoms with Gasteiger partial charge in [-0.3, -0.25) is 0 Å². The largest absolute Gasteiger partial charge is 0.368 e. The summed E-state index contributed by atoms with van der Waals surface area (Å²) in [6.45, 7) is 7.97. The molecule has 0 aliphatic carbocycles. The highest BCUT2D eigenvalue weighted by Crippen LogP contribution is 2.26. The Morgan fingerprint density at radius 2 is 1.60 bits per heavy atom. The number of hydrogen-bond donors (Lipinski definition) is 1. The maximum atomic E-state index is 5.95. The third-order valence-electron chi connectivity index (χ3n) is 3.24. The van der Waals surface area contributed by atoms with Gasteiger partial charge in [-0.25, -0.2) is 0 Å². The van der Waals surface area contributed by atoms with Crippen molar-refractivity contribution in [2.75, 3.05) is 5.73 Å². The average Bonchev–Trinajstić information content (AvgIpc) is 2.69. The third kappa shape index (κ3) is 1.89. The van der Waals surface area contributed by atoms with Crippen molar-refractivity contribution in [3.63, 3.8) is 0 Å². The standard InChI is InChI=1S/C14H16N6/c1-7-5-8(2)11(9(3)6-7)12-17-13(15)20-14(18-12)16-10(4)19-20/h5-6H,1-4H3,(H2,15,16,17,18,19). The van der Waals surface area contributed by atoms with Gasteiger partial charge in [0.2, 0.25) is 5.95 Å². The minimum Gasteiger partial charge on any atom is -0.368 e. The van der Waals surface area contributed by atoms with Crippen LogP contribution in [-0.2, 0) is 0 Å². The zero-order valence-electron chi connectivity index (χ0n) is 12.0. The second-order valence-corrected chi connectivity index (χ2v) is 5.05. The van der Waals surface area contributed by atoms with Crippen molar-refractivity contribution in [3.05, 3.63) is 34.6 Å². The zero-order valence-corrected chi connectivity index (χ0v) is 12.0. The monoisotopic (exact) mass is 268 g/mol. The summed E-state index contributed by atoms with van der Waals surface area (Å²) in [4.78, 5) is 13.1. The fourth-order valence-corrected chi connectivity index (χ4v) is 2.55. The lowest BCUT2D eigenvalue weighted by Crippen LogP contribution is -2.06. The number of rotatable bonds is 1. The molecule has 2 aromatic heterocycles. The average molecular weight is 268 g/mol. The first-order chi connectivity index (χ1) is 9.45. The van der Waals surface area contributed by atoms with Crippen LogP contribution < -0.4 is 5.73 Å².